The largest absolute Gasteiger partial charge is 0.393 e. The average Bonchev–Trinajstić information content (AvgIpc) is 2.74. The molecule has 2 heterocycles. The van der Waals surface area contributed by atoms with Crippen LogP contribution in [0.1, 0.15) is 29.5 Å². The predicted molar refractivity (Wildman–Crippen MR) is 68.6 cm³/mol. The monoisotopic (exact) mass is 247 g/mol. The molecule has 1 atom stereocenters. The third kappa shape index (κ3) is 2.68. The summed E-state index contributed by atoms with van der Waals surface area (Å²) < 4.78 is 1.88. The summed E-state index contributed by atoms with van der Waals surface area (Å²) in [7, 11) is 0. The topological polar surface area (TPSA) is 66.6 Å². The first kappa shape index (κ1) is 12.6. The molecule has 2 N–H and O–H groups in total. The summed E-state index contributed by atoms with van der Waals surface area (Å²) >= 11 is 0. The lowest BCUT2D eigenvalue weighted by Crippen LogP contribution is -2.26. The van der Waals surface area contributed by atoms with Crippen molar-refractivity contribution in [1.82, 2.24) is 14.7 Å². The molecule has 0 fully saturated rings. The van der Waals surface area contributed by atoms with Crippen LogP contribution < -0.4 is 5.32 Å². The Kier molecular flexibility index (Phi) is 3.62. The zero-order valence-corrected chi connectivity index (χ0v) is 10.6. The number of imidazole rings is 1. The van der Waals surface area contributed by atoms with Crippen LogP contribution in [0, 0.1) is 6.92 Å². The highest BCUT2D eigenvalue weighted by Crippen LogP contribution is 2.08. The number of aliphatic hydroxyl groups excluding tert-OH is 1. The minimum atomic E-state index is -0.409. The number of hydrogen-bond donors (Lipinski definition) is 2. The first-order chi connectivity index (χ1) is 8.58. The van der Waals surface area contributed by atoms with Gasteiger partial charge in [0, 0.05) is 18.4 Å². The van der Waals surface area contributed by atoms with Gasteiger partial charge in [0.2, 0.25) is 0 Å². The molecular formula is C13H17N3O2. The van der Waals surface area contributed by atoms with Crippen molar-refractivity contribution in [3.8, 4) is 0 Å². The van der Waals surface area contributed by atoms with E-state index in [4.69, 9.17) is 5.11 Å². The van der Waals surface area contributed by atoms with E-state index in [1.54, 1.807) is 13.1 Å². The summed E-state index contributed by atoms with van der Waals surface area (Å²) in [6.45, 7) is 4.10. The number of rotatable bonds is 4. The Bertz CT molecular complexity index is 560. The summed E-state index contributed by atoms with van der Waals surface area (Å²) in [6.07, 6.45) is 1.86. The van der Waals surface area contributed by atoms with Gasteiger partial charge in [-0.3, -0.25) is 4.79 Å². The zero-order chi connectivity index (χ0) is 13.1. The highest BCUT2D eigenvalue weighted by Gasteiger charge is 2.10. The van der Waals surface area contributed by atoms with E-state index < -0.39 is 6.10 Å². The van der Waals surface area contributed by atoms with Gasteiger partial charge >= 0.3 is 0 Å². The number of nitrogens with one attached hydrogen (secondary N) is 1. The van der Waals surface area contributed by atoms with Gasteiger partial charge in [0.05, 0.1) is 6.10 Å². The molecule has 0 aliphatic rings. The molecule has 2 rings (SSSR count). The number of aliphatic hydroxyl groups is 1. The summed E-state index contributed by atoms with van der Waals surface area (Å²) in [5.74, 6) is -0.209. The van der Waals surface area contributed by atoms with E-state index in [2.05, 4.69) is 10.3 Å². The van der Waals surface area contributed by atoms with Crippen LogP contribution in [0.15, 0.2) is 24.4 Å². The summed E-state index contributed by atoms with van der Waals surface area (Å²) in [4.78, 5) is 16.1. The van der Waals surface area contributed by atoms with Crippen LogP contribution in [0.25, 0.3) is 5.65 Å². The lowest BCUT2D eigenvalue weighted by molar-refractivity contribution is 0.0941. The normalized spacial score (nSPS) is 12.6. The van der Waals surface area contributed by atoms with Crippen LogP contribution in [0.5, 0.6) is 0 Å². The van der Waals surface area contributed by atoms with Crippen molar-refractivity contribution in [2.45, 2.75) is 26.4 Å². The second kappa shape index (κ2) is 5.18. The standard InChI is InChI=1S/C13H17N3O2/c1-9-4-3-5-12-15-11(8-16(9)12)13(18)14-7-6-10(2)17/h3-5,8,10,17H,6-7H2,1-2H3,(H,14,18). The van der Waals surface area contributed by atoms with Gasteiger partial charge in [0.25, 0.3) is 5.91 Å². The Morgan fingerprint density at radius 1 is 1.56 bits per heavy atom. The minimum Gasteiger partial charge on any atom is -0.393 e. The number of pyridine rings is 1. The van der Waals surface area contributed by atoms with Crippen molar-refractivity contribution in [3.05, 3.63) is 35.8 Å². The third-order valence-electron chi connectivity index (χ3n) is 2.78. The molecule has 2 aromatic rings. The van der Waals surface area contributed by atoms with Crippen molar-refractivity contribution in [3.63, 3.8) is 0 Å². The number of carbonyl (C=O) groups excluding carboxylic acids is 1. The summed E-state index contributed by atoms with van der Waals surface area (Å²) in [5.41, 5.74) is 2.19. The Balaban J connectivity index is 2.11. The van der Waals surface area contributed by atoms with E-state index in [-0.39, 0.29) is 5.91 Å². The molecule has 0 bridgehead atoms. The van der Waals surface area contributed by atoms with Crippen molar-refractivity contribution >= 4 is 11.6 Å². The molecular weight excluding hydrogens is 230 g/mol. The van der Waals surface area contributed by atoms with E-state index in [1.807, 2.05) is 29.5 Å². The van der Waals surface area contributed by atoms with E-state index >= 15 is 0 Å². The van der Waals surface area contributed by atoms with Crippen LogP contribution in [0.3, 0.4) is 0 Å². The lowest BCUT2D eigenvalue weighted by Gasteiger charge is -2.04. The van der Waals surface area contributed by atoms with Gasteiger partial charge in [-0.2, -0.15) is 0 Å². The van der Waals surface area contributed by atoms with Crippen LogP contribution in [-0.2, 0) is 0 Å². The van der Waals surface area contributed by atoms with E-state index in [0.29, 0.717) is 18.7 Å². The maximum Gasteiger partial charge on any atom is 0.271 e. The van der Waals surface area contributed by atoms with Crippen molar-refractivity contribution < 1.29 is 9.90 Å². The molecule has 1 unspecified atom stereocenters. The van der Waals surface area contributed by atoms with Crippen molar-refractivity contribution in [2.75, 3.05) is 6.54 Å². The Morgan fingerprint density at radius 2 is 2.33 bits per heavy atom. The number of amides is 1. The molecule has 5 heteroatoms. The zero-order valence-electron chi connectivity index (χ0n) is 10.6. The fraction of sp³-hybridized carbons (Fsp3) is 0.385. The molecule has 0 radical (unpaired) electrons. The van der Waals surface area contributed by atoms with Crippen molar-refractivity contribution in [2.24, 2.45) is 0 Å². The molecule has 5 nitrogen and oxygen atoms in total. The number of carbonyl (C=O) groups is 1. The molecule has 0 aliphatic heterocycles. The lowest BCUT2D eigenvalue weighted by atomic mass is 10.3. The maximum atomic E-state index is 11.8. The Morgan fingerprint density at radius 3 is 3.00 bits per heavy atom. The SMILES string of the molecule is Cc1cccc2nc(C(=O)NCCC(C)O)cn12. The van der Waals surface area contributed by atoms with Crippen LogP contribution in [-0.4, -0.2) is 33.0 Å². The van der Waals surface area contributed by atoms with Gasteiger partial charge in [0.15, 0.2) is 0 Å². The van der Waals surface area contributed by atoms with Gasteiger partial charge in [-0.1, -0.05) is 6.07 Å². The maximum absolute atomic E-state index is 11.8. The fourth-order valence-electron chi connectivity index (χ4n) is 1.74. The minimum absolute atomic E-state index is 0.209. The first-order valence-electron chi connectivity index (χ1n) is 5.99. The molecule has 2 aromatic heterocycles. The number of fused-ring (bicyclic) bond motifs is 1. The molecule has 0 aromatic carbocycles. The predicted octanol–water partition coefficient (Wildman–Crippen LogP) is 1.14. The smallest absolute Gasteiger partial charge is 0.271 e. The quantitative estimate of drug-likeness (QED) is 0.851. The van der Waals surface area contributed by atoms with Crippen molar-refractivity contribution in [1.29, 1.82) is 0 Å². The van der Waals surface area contributed by atoms with Gasteiger partial charge in [0.1, 0.15) is 11.3 Å². The third-order valence-corrected chi connectivity index (χ3v) is 2.78. The van der Waals surface area contributed by atoms with Gasteiger partial charge in [-0.15, -0.1) is 0 Å². The van der Waals surface area contributed by atoms with Crippen LogP contribution in [0.4, 0.5) is 0 Å². The van der Waals surface area contributed by atoms with Gasteiger partial charge in [-0.05, 0) is 32.4 Å². The van der Waals surface area contributed by atoms with Gasteiger partial charge in [-0.25, -0.2) is 4.98 Å². The second-order valence-electron chi connectivity index (χ2n) is 4.42. The molecule has 96 valence electrons. The average molecular weight is 247 g/mol. The van der Waals surface area contributed by atoms with E-state index in [0.717, 1.165) is 11.3 Å². The highest BCUT2D eigenvalue weighted by molar-refractivity contribution is 5.92. The van der Waals surface area contributed by atoms with Crippen LogP contribution >= 0.6 is 0 Å². The molecule has 0 spiro atoms. The Hall–Kier alpha value is -1.88. The Labute approximate surface area is 105 Å². The second-order valence-corrected chi connectivity index (χ2v) is 4.42. The molecule has 1 amide bonds. The fourth-order valence-corrected chi connectivity index (χ4v) is 1.74. The summed E-state index contributed by atoms with van der Waals surface area (Å²) in [6, 6.07) is 5.73. The summed E-state index contributed by atoms with van der Waals surface area (Å²) in [5, 5.41) is 11.9. The molecule has 0 saturated heterocycles. The molecule has 0 saturated carbocycles. The van der Waals surface area contributed by atoms with E-state index in [1.165, 1.54) is 0 Å². The highest BCUT2D eigenvalue weighted by atomic mass is 16.3. The van der Waals surface area contributed by atoms with E-state index in [9.17, 15) is 4.79 Å². The number of aryl methyl sites for hydroxylation is 1. The number of hydrogen-bond acceptors (Lipinski definition) is 3. The first-order valence-corrected chi connectivity index (χ1v) is 5.99. The molecule has 18 heavy (non-hydrogen) atoms. The number of nitrogens with zero attached hydrogens (tertiary/aromatic N) is 2. The number of aromatic nitrogens is 2. The molecule has 0 aliphatic carbocycles. The van der Waals surface area contributed by atoms with Gasteiger partial charge < -0.3 is 14.8 Å². The van der Waals surface area contributed by atoms with Crippen LogP contribution in [0.2, 0.25) is 0 Å².